The second kappa shape index (κ2) is 21.0. The molecular formula is C30H49N9O9. The van der Waals surface area contributed by atoms with Crippen LogP contribution in [-0.4, -0.2) is 100 Å². The molecule has 0 unspecified atom stereocenters. The zero-order valence-electron chi connectivity index (χ0n) is 27.2. The standard InChI is InChI=1S/C30H49N9O9/c1-16(2)24(28(46)38-22(29(47)48)14-17-8-10-18(40)11-9-17)39-27(45)21(15-23(41)42)37-26(44)20(7-3-4-12-31)36-25(43)19(32)6-5-13-35-30(33)34/h8-11,16,19-22,24,40H,3-7,12-15,31-32H2,1-2H3,(H,36,43)(H,37,44)(H,38,46)(H,39,45)(H,41,42)(H,47,48)(H4,33,34,35)/t19-,20+,21+,22-,24+/m1/s1. The highest BCUT2D eigenvalue weighted by atomic mass is 16.4. The Hall–Kier alpha value is -4.97. The third-order valence-electron chi connectivity index (χ3n) is 7.13. The maximum atomic E-state index is 13.3. The van der Waals surface area contributed by atoms with Crippen LogP contribution in [0, 0.1) is 5.92 Å². The van der Waals surface area contributed by atoms with E-state index in [1.807, 2.05) is 0 Å². The SMILES string of the molecule is CC(C)[C@H](NC(=O)[C@H](CC(=O)O)NC(=O)[C@H](CCCCN)NC(=O)[C@H](N)CCCN=C(N)N)C(=O)N[C@H](Cc1ccc(O)cc1)C(=O)O. The van der Waals surface area contributed by atoms with Crippen molar-refractivity contribution in [1.29, 1.82) is 0 Å². The highest BCUT2D eigenvalue weighted by Crippen LogP contribution is 2.13. The Morgan fingerprint density at radius 3 is 1.90 bits per heavy atom. The molecule has 18 heteroatoms. The van der Waals surface area contributed by atoms with E-state index in [-0.39, 0.29) is 37.5 Å². The Morgan fingerprint density at radius 1 is 0.771 bits per heavy atom. The molecule has 15 N–H and O–H groups in total. The smallest absolute Gasteiger partial charge is 0.326 e. The molecule has 268 valence electrons. The minimum Gasteiger partial charge on any atom is -0.508 e. The summed E-state index contributed by atoms with van der Waals surface area (Å²) in [6, 6.07) is -0.880. The highest BCUT2D eigenvalue weighted by molar-refractivity contribution is 5.96. The molecule has 0 spiro atoms. The van der Waals surface area contributed by atoms with Crippen molar-refractivity contribution in [2.24, 2.45) is 33.8 Å². The summed E-state index contributed by atoms with van der Waals surface area (Å²) in [5.74, 6) is -6.91. The number of carboxylic acids is 2. The summed E-state index contributed by atoms with van der Waals surface area (Å²) < 4.78 is 0. The number of rotatable bonds is 22. The van der Waals surface area contributed by atoms with Crippen LogP contribution in [0.5, 0.6) is 5.75 Å². The number of guanidine groups is 1. The molecule has 18 nitrogen and oxygen atoms in total. The van der Waals surface area contributed by atoms with Crippen LogP contribution in [0.3, 0.4) is 0 Å². The van der Waals surface area contributed by atoms with Gasteiger partial charge in [-0.15, -0.1) is 0 Å². The van der Waals surface area contributed by atoms with Crippen LogP contribution in [-0.2, 0) is 35.2 Å². The molecule has 1 aromatic carbocycles. The molecule has 0 heterocycles. The van der Waals surface area contributed by atoms with Crippen molar-refractivity contribution >= 4 is 41.5 Å². The van der Waals surface area contributed by atoms with E-state index in [2.05, 4.69) is 26.3 Å². The van der Waals surface area contributed by atoms with Crippen LogP contribution in [0.2, 0.25) is 0 Å². The van der Waals surface area contributed by atoms with E-state index in [9.17, 15) is 44.1 Å². The Morgan fingerprint density at radius 2 is 1.35 bits per heavy atom. The molecule has 0 bridgehead atoms. The summed E-state index contributed by atoms with van der Waals surface area (Å²) in [5, 5.41) is 38.4. The van der Waals surface area contributed by atoms with Crippen LogP contribution in [0.1, 0.15) is 57.9 Å². The average molecular weight is 680 g/mol. The van der Waals surface area contributed by atoms with Crippen molar-refractivity contribution in [1.82, 2.24) is 21.3 Å². The van der Waals surface area contributed by atoms with E-state index in [1.165, 1.54) is 24.3 Å². The molecule has 0 fully saturated rings. The number of benzene rings is 1. The number of aliphatic imine (C=N–C) groups is 1. The van der Waals surface area contributed by atoms with Crippen molar-refractivity contribution in [3.63, 3.8) is 0 Å². The molecule has 0 saturated carbocycles. The topological polar surface area (TPSA) is 328 Å². The molecule has 5 atom stereocenters. The van der Waals surface area contributed by atoms with Gasteiger partial charge in [0.05, 0.1) is 12.5 Å². The quantitative estimate of drug-likeness (QED) is 0.0346. The number of phenols is 1. The first-order valence-electron chi connectivity index (χ1n) is 15.5. The lowest BCUT2D eigenvalue weighted by Crippen LogP contribution is -2.59. The predicted octanol–water partition coefficient (Wildman–Crippen LogP) is -2.40. The van der Waals surface area contributed by atoms with Crippen molar-refractivity contribution in [3.05, 3.63) is 29.8 Å². The number of carbonyl (C=O) groups excluding carboxylic acids is 4. The van der Waals surface area contributed by atoms with E-state index < -0.39 is 78.1 Å². The summed E-state index contributed by atoms with van der Waals surface area (Å²) in [5.41, 5.74) is 22.6. The lowest BCUT2D eigenvalue weighted by atomic mass is 10.0. The monoisotopic (exact) mass is 679 g/mol. The average Bonchev–Trinajstić information content (AvgIpc) is 3.00. The Kier molecular flexibility index (Phi) is 18.0. The maximum Gasteiger partial charge on any atom is 0.326 e. The van der Waals surface area contributed by atoms with Crippen LogP contribution in [0.25, 0.3) is 0 Å². The number of nitrogens with two attached hydrogens (primary N) is 4. The number of phenolic OH excluding ortho intramolecular Hbond substituents is 1. The predicted molar refractivity (Wildman–Crippen MR) is 175 cm³/mol. The summed E-state index contributed by atoms with van der Waals surface area (Å²) in [6.07, 6.45) is 0.608. The zero-order chi connectivity index (χ0) is 36.4. The van der Waals surface area contributed by atoms with Gasteiger partial charge < -0.3 is 59.5 Å². The molecule has 0 saturated heterocycles. The van der Waals surface area contributed by atoms with Crippen LogP contribution >= 0.6 is 0 Å². The molecule has 1 rings (SSSR count). The van der Waals surface area contributed by atoms with Crippen molar-refractivity contribution in [3.8, 4) is 5.75 Å². The van der Waals surface area contributed by atoms with Crippen LogP contribution < -0.4 is 44.2 Å². The van der Waals surface area contributed by atoms with Gasteiger partial charge in [-0.05, 0) is 62.3 Å². The Bertz CT molecular complexity index is 1270. The van der Waals surface area contributed by atoms with Gasteiger partial charge in [-0.3, -0.25) is 29.0 Å². The summed E-state index contributed by atoms with van der Waals surface area (Å²) in [6.45, 7) is 3.71. The van der Waals surface area contributed by atoms with E-state index in [1.54, 1.807) is 13.8 Å². The third-order valence-corrected chi connectivity index (χ3v) is 7.13. The van der Waals surface area contributed by atoms with Gasteiger partial charge in [0.2, 0.25) is 23.6 Å². The first kappa shape index (κ1) is 41.1. The van der Waals surface area contributed by atoms with E-state index >= 15 is 0 Å². The number of aromatic hydroxyl groups is 1. The number of nitrogens with zero attached hydrogens (tertiary/aromatic N) is 1. The molecular weight excluding hydrogens is 630 g/mol. The lowest BCUT2D eigenvalue weighted by Gasteiger charge is -2.27. The summed E-state index contributed by atoms with van der Waals surface area (Å²) >= 11 is 0. The molecule has 48 heavy (non-hydrogen) atoms. The van der Waals surface area contributed by atoms with E-state index in [0.29, 0.717) is 31.4 Å². The fourth-order valence-corrected chi connectivity index (χ4v) is 4.47. The first-order valence-corrected chi connectivity index (χ1v) is 15.5. The highest BCUT2D eigenvalue weighted by Gasteiger charge is 2.34. The first-order chi connectivity index (χ1) is 22.5. The molecule has 0 aliphatic rings. The van der Waals surface area contributed by atoms with Gasteiger partial charge in [-0.2, -0.15) is 0 Å². The number of amides is 4. The van der Waals surface area contributed by atoms with Gasteiger partial charge in [-0.1, -0.05) is 26.0 Å². The fourth-order valence-electron chi connectivity index (χ4n) is 4.47. The zero-order valence-corrected chi connectivity index (χ0v) is 27.2. The van der Waals surface area contributed by atoms with Gasteiger partial charge in [0.1, 0.15) is 29.9 Å². The van der Waals surface area contributed by atoms with Crippen molar-refractivity contribution in [2.45, 2.75) is 89.0 Å². The van der Waals surface area contributed by atoms with Crippen LogP contribution in [0.15, 0.2) is 29.3 Å². The molecule has 4 amide bonds. The third kappa shape index (κ3) is 15.5. The largest absolute Gasteiger partial charge is 0.508 e. The Labute approximate surface area is 278 Å². The number of aliphatic carboxylic acids is 2. The fraction of sp³-hybridized carbons (Fsp3) is 0.567. The minimum atomic E-state index is -1.67. The molecule has 1 aromatic rings. The van der Waals surface area contributed by atoms with Gasteiger partial charge in [0.25, 0.3) is 0 Å². The van der Waals surface area contributed by atoms with Gasteiger partial charge in [-0.25, -0.2) is 4.79 Å². The second-order valence-corrected chi connectivity index (χ2v) is 11.6. The van der Waals surface area contributed by atoms with Crippen molar-refractivity contribution in [2.75, 3.05) is 13.1 Å². The van der Waals surface area contributed by atoms with Gasteiger partial charge >= 0.3 is 11.9 Å². The molecule has 0 aliphatic heterocycles. The van der Waals surface area contributed by atoms with Gasteiger partial charge in [0.15, 0.2) is 5.96 Å². The van der Waals surface area contributed by atoms with Crippen LogP contribution in [0.4, 0.5) is 0 Å². The summed E-state index contributed by atoms with van der Waals surface area (Å²) in [4.78, 5) is 80.0. The Balaban J connectivity index is 3.07. The minimum absolute atomic E-state index is 0.0240. The number of carbonyl (C=O) groups is 6. The van der Waals surface area contributed by atoms with Crippen molar-refractivity contribution < 1.29 is 44.1 Å². The molecule has 0 aliphatic carbocycles. The molecule has 0 aromatic heterocycles. The lowest BCUT2D eigenvalue weighted by molar-refractivity contribution is -0.143. The summed E-state index contributed by atoms with van der Waals surface area (Å²) in [7, 11) is 0. The number of nitrogens with one attached hydrogen (secondary N) is 4. The van der Waals surface area contributed by atoms with E-state index in [0.717, 1.165) is 0 Å². The van der Waals surface area contributed by atoms with E-state index in [4.69, 9.17) is 22.9 Å². The second-order valence-electron chi connectivity index (χ2n) is 11.6. The maximum absolute atomic E-state index is 13.3. The number of hydrogen-bond acceptors (Lipinski definition) is 10. The molecule has 0 radical (unpaired) electrons. The normalized spacial score (nSPS) is 14.0. The number of hydrogen-bond donors (Lipinski definition) is 11. The van der Waals surface area contributed by atoms with Gasteiger partial charge in [0, 0.05) is 13.0 Å². The number of carboxylic acid groups (broad SMARTS) is 2. The number of unbranched alkanes of at least 4 members (excludes halogenated alkanes) is 1.